The summed E-state index contributed by atoms with van der Waals surface area (Å²) in [6, 6.07) is 3.39. The van der Waals surface area contributed by atoms with E-state index < -0.39 is 0 Å². The zero-order valence-electron chi connectivity index (χ0n) is 13.6. The molecule has 4 atom stereocenters. The van der Waals surface area contributed by atoms with Crippen LogP contribution in [0.1, 0.15) is 79.1 Å². The molecule has 112 valence electrons. The van der Waals surface area contributed by atoms with Gasteiger partial charge in [-0.3, -0.25) is 9.80 Å². The van der Waals surface area contributed by atoms with Crippen LogP contribution in [0.25, 0.3) is 0 Å². The molecule has 2 nitrogen and oxygen atoms in total. The quantitative estimate of drug-likeness (QED) is 0.709. The van der Waals surface area contributed by atoms with Gasteiger partial charge in [-0.25, -0.2) is 0 Å². The van der Waals surface area contributed by atoms with E-state index in [4.69, 9.17) is 0 Å². The highest BCUT2D eigenvalue weighted by Crippen LogP contribution is 2.33. The Morgan fingerprint density at radius 3 is 1.05 bits per heavy atom. The predicted molar refractivity (Wildman–Crippen MR) is 83.3 cm³/mol. The summed E-state index contributed by atoms with van der Waals surface area (Å²) in [5.41, 5.74) is 0. The van der Waals surface area contributed by atoms with Crippen LogP contribution < -0.4 is 0 Å². The standard InChI is InChI=1S/C17H34N2/c1-5-14-9-10-15(6-2)18(14)13-19-16(7-3)11-12-17(19)8-4/h14-17H,5-13H2,1-4H3. The lowest BCUT2D eigenvalue weighted by Gasteiger charge is -2.38. The minimum atomic E-state index is 0.848. The Morgan fingerprint density at radius 2 is 0.842 bits per heavy atom. The van der Waals surface area contributed by atoms with Gasteiger partial charge in [0.1, 0.15) is 0 Å². The Balaban J connectivity index is 2.03. The summed E-state index contributed by atoms with van der Waals surface area (Å²) in [7, 11) is 0. The normalized spacial score (nSPS) is 37.3. The highest BCUT2D eigenvalue weighted by atomic mass is 15.4. The minimum Gasteiger partial charge on any atom is -0.285 e. The molecule has 0 aromatic carbocycles. The van der Waals surface area contributed by atoms with Crippen molar-refractivity contribution in [1.29, 1.82) is 0 Å². The molecule has 0 aliphatic carbocycles. The third-order valence-corrected chi connectivity index (χ3v) is 5.75. The molecule has 19 heavy (non-hydrogen) atoms. The molecule has 0 N–H and O–H groups in total. The predicted octanol–water partition coefficient (Wildman–Crippen LogP) is 4.25. The summed E-state index contributed by atoms with van der Waals surface area (Å²) in [5, 5.41) is 0. The van der Waals surface area contributed by atoms with Crippen LogP contribution in [0, 0.1) is 0 Å². The molecule has 4 unspecified atom stereocenters. The molecule has 2 aliphatic rings. The molecule has 0 aromatic rings. The summed E-state index contributed by atoms with van der Waals surface area (Å²) in [6.07, 6.45) is 11.0. The molecule has 0 aromatic heterocycles. The van der Waals surface area contributed by atoms with Gasteiger partial charge in [0.2, 0.25) is 0 Å². The molecule has 2 heteroatoms. The van der Waals surface area contributed by atoms with Crippen molar-refractivity contribution in [3.8, 4) is 0 Å². The summed E-state index contributed by atoms with van der Waals surface area (Å²) in [6.45, 7) is 10.7. The molecule has 0 amide bonds. The highest BCUT2D eigenvalue weighted by molar-refractivity contribution is 4.91. The lowest BCUT2D eigenvalue weighted by molar-refractivity contribution is 0.0502. The first-order valence-electron chi connectivity index (χ1n) is 8.76. The first kappa shape index (κ1) is 15.3. The first-order chi connectivity index (χ1) is 9.24. The van der Waals surface area contributed by atoms with Crippen LogP contribution >= 0.6 is 0 Å². The summed E-state index contributed by atoms with van der Waals surface area (Å²) in [4.78, 5) is 5.69. The Morgan fingerprint density at radius 1 is 0.579 bits per heavy atom. The Bertz CT molecular complexity index is 216. The van der Waals surface area contributed by atoms with Crippen molar-refractivity contribution in [2.24, 2.45) is 0 Å². The van der Waals surface area contributed by atoms with E-state index in [2.05, 4.69) is 37.5 Å². The second-order valence-corrected chi connectivity index (χ2v) is 6.57. The van der Waals surface area contributed by atoms with E-state index >= 15 is 0 Å². The SMILES string of the molecule is CCC1CCC(CC)N1CN1C(CC)CCC1CC. The van der Waals surface area contributed by atoms with Crippen LogP contribution in [0.2, 0.25) is 0 Å². The van der Waals surface area contributed by atoms with Crippen molar-refractivity contribution in [2.75, 3.05) is 6.67 Å². The van der Waals surface area contributed by atoms with Crippen molar-refractivity contribution in [3.63, 3.8) is 0 Å². The zero-order chi connectivity index (χ0) is 13.8. The van der Waals surface area contributed by atoms with Crippen LogP contribution in [0.4, 0.5) is 0 Å². The van der Waals surface area contributed by atoms with E-state index in [1.807, 2.05) is 0 Å². The van der Waals surface area contributed by atoms with Crippen molar-refractivity contribution >= 4 is 0 Å². The molecule has 2 heterocycles. The van der Waals surface area contributed by atoms with Gasteiger partial charge in [-0.1, -0.05) is 27.7 Å². The van der Waals surface area contributed by atoms with Gasteiger partial charge in [0.25, 0.3) is 0 Å². The molecule has 2 rings (SSSR count). The third kappa shape index (κ3) is 3.16. The number of hydrogen-bond acceptors (Lipinski definition) is 2. The number of nitrogens with zero attached hydrogens (tertiary/aromatic N) is 2. The van der Waals surface area contributed by atoms with Gasteiger partial charge in [0.15, 0.2) is 0 Å². The lowest BCUT2D eigenvalue weighted by Crippen LogP contribution is -2.48. The van der Waals surface area contributed by atoms with Crippen molar-refractivity contribution < 1.29 is 0 Å². The van der Waals surface area contributed by atoms with Crippen LogP contribution in [-0.2, 0) is 0 Å². The molecule has 0 saturated carbocycles. The second kappa shape index (κ2) is 7.08. The number of likely N-dealkylation sites (tertiary alicyclic amines) is 2. The minimum absolute atomic E-state index is 0.848. The monoisotopic (exact) mass is 266 g/mol. The maximum absolute atomic E-state index is 2.84. The van der Waals surface area contributed by atoms with Crippen LogP contribution in [0.15, 0.2) is 0 Å². The maximum Gasteiger partial charge on any atom is 0.0516 e. The van der Waals surface area contributed by atoms with E-state index in [1.165, 1.54) is 58.0 Å². The molecule has 0 bridgehead atoms. The van der Waals surface area contributed by atoms with E-state index in [0.717, 1.165) is 24.2 Å². The van der Waals surface area contributed by atoms with Gasteiger partial charge in [-0.05, 0) is 51.4 Å². The average Bonchev–Trinajstić information content (AvgIpc) is 3.02. The third-order valence-electron chi connectivity index (χ3n) is 5.75. The molecule has 0 radical (unpaired) electrons. The molecule has 2 aliphatic heterocycles. The largest absolute Gasteiger partial charge is 0.285 e. The van der Waals surface area contributed by atoms with Gasteiger partial charge < -0.3 is 0 Å². The molecule has 2 saturated heterocycles. The zero-order valence-corrected chi connectivity index (χ0v) is 13.6. The molecule has 2 fully saturated rings. The van der Waals surface area contributed by atoms with E-state index in [0.29, 0.717) is 0 Å². The van der Waals surface area contributed by atoms with Crippen LogP contribution in [0.5, 0.6) is 0 Å². The van der Waals surface area contributed by atoms with Crippen molar-refractivity contribution in [2.45, 2.75) is 103 Å². The van der Waals surface area contributed by atoms with Crippen molar-refractivity contribution in [3.05, 3.63) is 0 Å². The van der Waals surface area contributed by atoms with Gasteiger partial charge in [0.05, 0.1) is 6.67 Å². The van der Waals surface area contributed by atoms with Crippen LogP contribution in [0.3, 0.4) is 0 Å². The van der Waals surface area contributed by atoms with Gasteiger partial charge in [-0.2, -0.15) is 0 Å². The van der Waals surface area contributed by atoms with E-state index in [-0.39, 0.29) is 0 Å². The van der Waals surface area contributed by atoms with E-state index in [1.54, 1.807) is 0 Å². The van der Waals surface area contributed by atoms with Crippen molar-refractivity contribution in [1.82, 2.24) is 9.80 Å². The number of hydrogen-bond donors (Lipinski definition) is 0. The van der Waals surface area contributed by atoms with Gasteiger partial charge in [-0.15, -0.1) is 0 Å². The molecule has 0 spiro atoms. The lowest BCUT2D eigenvalue weighted by atomic mass is 10.1. The molecular weight excluding hydrogens is 232 g/mol. The van der Waals surface area contributed by atoms with E-state index in [9.17, 15) is 0 Å². The van der Waals surface area contributed by atoms with Crippen LogP contribution in [-0.4, -0.2) is 40.6 Å². The second-order valence-electron chi connectivity index (χ2n) is 6.57. The molecular formula is C17H34N2. The summed E-state index contributed by atoms with van der Waals surface area (Å²) < 4.78 is 0. The van der Waals surface area contributed by atoms with Gasteiger partial charge in [0, 0.05) is 24.2 Å². The summed E-state index contributed by atoms with van der Waals surface area (Å²) >= 11 is 0. The topological polar surface area (TPSA) is 6.48 Å². The number of rotatable bonds is 6. The fourth-order valence-corrected chi connectivity index (χ4v) is 4.43. The van der Waals surface area contributed by atoms with Gasteiger partial charge >= 0.3 is 0 Å². The Hall–Kier alpha value is -0.0800. The summed E-state index contributed by atoms with van der Waals surface area (Å²) in [5.74, 6) is 0. The maximum atomic E-state index is 2.84. The average molecular weight is 266 g/mol. The highest BCUT2D eigenvalue weighted by Gasteiger charge is 2.37. The Labute approximate surface area is 120 Å². The fraction of sp³-hybridized carbons (Fsp3) is 1.00. The Kier molecular flexibility index (Phi) is 5.70. The fourth-order valence-electron chi connectivity index (χ4n) is 4.43. The smallest absolute Gasteiger partial charge is 0.0516 e. The first-order valence-corrected chi connectivity index (χ1v) is 8.76.